The van der Waals surface area contributed by atoms with Crippen molar-refractivity contribution in [2.75, 3.05) is 44.2 Å². The first-order chi connectivity index (χ1) is 11.5. The molecule has 1 fully saturated rings. The number of carbonyl (C=O) groups is 2. The Balaban J connectivity index is 1.80. The number of aliphatic hydroxyl groups excluding tert-OH is 1. The molecular weight excluding hydrogens is 355 g/mol. The summed E-state index contributed by atoms with van der Waals surface area (Å²) in [4.78, 5) is 34.0. The SMILES string of the molecule is O=C1C(Cl)=C(N2CCN(CCO)CC2)C(=O)N1c1ccnc(Cl)c1. The van der Waals surface area contributed by atoms with E-state index < -0.39 is 11.8 Å². The lowest BCUT2D eigenvalue weighted by Gasteiger charge is -2.35. The van der Waals surface area contributed by atoms with E-state index in [1.165, 1.54) is 18.3 Å². The number of nitrogens with zero attached hydrogens (tertiary/aromatic N) is 4. The highest BCUT2D eigenvalue weighted by molar-refractivity contribution is 6.52. The summed E-state index contributed by atoms with van der Waals surface area (Å²) in [5.41, 5.74) is 0.565. The largest absolute Gasteiger partial charge is 0.395 e. The summed E-state index contributed by atoms with van der Waals surface area (Å²) >= 11 is 12.0. The molecule has 0 aliphatic carbocycles. The molecule has 3 rings (SSSR count). The highest BCUT2D eigenvalue weighted by atomic mass is 35.5. The van der Waals surface area contributed by atoms with Crippen LogP contribution in [0.25, 0.3) is 0 Å². The Bertz CT molecular complexity index is 702. The van der Waals surface area contributed by atoms with Crippen molar-refractivity contribution in [1.29, 1.82) is 0 Å². The molecule has 2 amide bonds. The van der Waals surface area contributed by atoms with Gasteiger partial charge >= 0.3 is 0 Å². The maximum absolute atomic E-state index is 12.7. The molecule has 1 saturated heterocycles. The Morgan fingerprint density at radius 2 is 1.83 bits per heavy atom. The van der Waals surface area contributed by atoms with Gasteiger partial charge in [0.25, 0.3) is 11.8 Å². The van der Waals surface area contributed by atoms with Crippen molar-refractivity contribution in [3.8, 4) is 0 Å². The topological polar surface area (TPSA) is 77.0 Å². The molecule has 3 heterocycles. The Hall–Kier alpha value is -1.67. The van der Waals surface area contributed by atoms with Gasteiger partial charge in [0.15, 0.2) is 0 Å². The number of piperazine rings is 1. The number of aliphatic hydroxyl groups is 1. The van der Waals surface area contributed by atoms with Gasteiger partial charge in [-0.05, 0) is 12.1 Å². The van der Waals surface area contributed by atoms with Gasteiger partial charge < -0.3 is 10.0 Å². The van der Waals surface area contributed by atoms with E-state index >= 15 is 0 Å². The van der Waals surface area contributed by atoms with Gasteiger partial charge in [-0.2, -0.15) is 0 Å². The molecule has 0 saturated carbocycles. The fraction of sp³-hybridized carbons (Fsp3) is 0.400. The minimum absolute atomic E-state index is 0.0801. The van der Waals surface area contributed by atoms with Gasteiger partial charge in [-0.15, -0.1) is 0 Å². The van der Waals surface area contributed by atoms with Crippen molar-refractivity contribution in [1.82, 2.24) is 14.8 Å². The lowest BCUT2D eigenvalue weighted by molar-refractivity contribution is -0.121. The van der Waals surface area contributed by atoms with Crippen LogP contribution in [-0.2, 0) is 9.59 Å². The second-order valence-electron chi connectivity index (χ2n) is 5.50. The first-order valence-corrected chi connectivity index (χ1v) is 8.27. The second-order valence-corrected chi connectivity index (χ2v) is 6.26. The molecule has 2 aliphatic rings. The molecule has 9 heteroatoms. The van der Waals surface area contributed by atoms with Crippen molar-refractivity contribution >= 4 is 40.7 Å². The second kappa shape index (κ2) is 7.06. The molecule has 0 radical (unpaired) electrons. The molecule has 0 unspecified atom stereocenters. The van der Waals surface area contributed by atoms with Crippen LogP contribution < -0.4 is 4.90 Å². The molecular formula is C15H16Cl2N4O3. The average Bonchev–Trinajstić information content (AvgIpc) is 2.78. The Kier molecular flexibility index (Phi) is 5.05. The number of imide groups is 1. The minimum Gasteiger partial charge on any atom is -0.395 e. The summed E-state index contributed by atoms with van der Waals surface area (Å²) in [5, 5.41) is 9.10. The van der Waals surface area contributed by atoms with E-state index in [2.05, 4.69) is 9.88 Å². The normalized spacial score (nSPS) is 19.6. The van der Waals surface area contributed by atoms with Crippen LogP contribution >= 0.6 is 23.2 Å². The third-order valence-electron chi connectivity index (χ3n) is 4.08. The number of carbonyl (C=O) groups excluding carboxylic acids is 2. The average molecular weight is 371 g/mol. The number of amides is 2. The Morgan fingerprint density at radius 1 is 1.12 bits per heavy atom. The molecule has 1 N–H and O–H groups in total. The number of aromatic nitrogens is 1. The molecule has 0 atom stereocenters. The van der Waals surface area contributed by atoms with E-state index in [0.717, 1.165) is 4.90 Å². The van der Waals surface area contributed by atoms with Crippen LogP contribution in [0.1, 0.15) is 0 Å². The van der Waals surface area contributed by atoms with Gasteiger partial charge in [-0.3, -0.25) is 14.5 Å². The molecule has 1 aromatic heterocycles. The van der Waals surface area contributed by atoms with Crippen LogP contribution in [0.3, 0.4) is 0 Å². The highest BCUT2D eigenvalue weighted by Crippen LogP contribution is 2.32. The molecule has 0 aromatic carbocycles. The van der Waals surface area contributed by atoms with Gasteiger partial charge in [0, 0.05) is 38.9 Å². The monoisotopic (exact) mass is 370 g/mol. The summed E-state index contributed by atoms with van der Waals surface area (Å²) < 4.78 is 0. The molecule has 24 heavy (non-hydrogen) atoms. The van der Waals surface area contributed by atoms with E-state index in [1.807, 2.05) is 4.90 Å². The van der Waals surface area contributed by atoms with Crippen LogP contribution in [-0.4, -0.2) is 71.0 Å². The zero-order chi connectivity index (χ0) is 17.3. The van der Waals surface area contributed by atoms with Crippen LogP contribution in [0.4, 0.5) is 5.69 Å². The number of hydrogen-bond acceptors (Lipinski definition) is 6. The van der Waals surface area contributed by atoms with Crippen LogP contribution in [0.15, 0.2) is 29.1 Å². The van der Waals surface area contributed by atoms with E-state index in [-0.39, 0.29) is 22.5 Å². The number of rotatable bonds is 4. The lowest BCUT2D eigenvalue weighted by Crippen LogP contribution is -2.48. The van der Waals surface area contributed by atoms with Crippen LogP contribution in [0.2, 0.25) is 5.15 Å². The molecule has 128 valence electrons. The zero-order valence-electron chi connectivity index (χ0n) is 12.8. The van der Waals surface area contributed by atoms with E-state index in [0.29, 0.717) is 38.4 Å². The zero-order valence-corrected chi connectivity index (χ0v) is 14.3. The predicted octanol–water partition coefficient (Wildman–Crippen LogP) is 0.669. The number of anilines is 1. The van der Waals surface area contributed by atoms with Crippen molar-refractivity contribution in [3.63, 3.8) is 0 Å². The molecule has 0 bridgehead atoms. The number of pyridine rings is 1. The standard InChI is InChI=1S/C15H16Cl2N4O3/c16-11-9-10(1-2-18-11)21-14(23)12(17)13(15(21)24)20-5-3-19(4-6-20)7-8-22/h1-2,9,22H,3-8H2. The highest BCUT2D eigenvalue weighted by Gasteiger charge is 2.42. The third kappa shape index (κ3) is 3.12. The minimum atomic E-state index is -0.559. The quantitative estimate of drug-likeness (QED) is 0.619. The number of β-amino-alcohol motifs (C(OH)–C–C–N with tert-alkyl or cyclic N) is 1. The summed E-state index contributed by atoms with van der Waals surface area (Å²) in [5.74, 6) is -1.01. The Labute approximate surface area is 149 Å². The smallest absolute Gasteiger partial charge is 0.283 e. The van der Waals surface area contributed by atoms with E-state index in [1.54, 1.807) is 0 Å². The first-order valence-electron chi connectivity index (χ1n) is 7.51. The fourth-order valence-electron chi connectivity index (χ4n) is 2.87. The number of halogens is 2. The predicted molar refractivity (Wildman–Crippen MR) is 89.7 cm³/mol. The van der Waals surface area contributed by atoms with Gasteiger partial charge in [0.05, 0.1) is 12.3 Å². The molecule has 0 spiro atoms. The molecule has 1 aromatic rings. The summed E-state index contributed by atoms with van der Waals surface area (Å²) in [6, 6.07) is 2.98. The van der Waals surface area contributed by atoms with E-state index in [4.69, 9.17) is 28.3 Å². The lowest BCUT2D eigenvalue weighted by atomic mass is 10.2. The van der Waals surface area contributed by atoms with Gasteiger partial charge in [0.2, 0.25) is 0 Å². The van der Waals surface area contributed by atoms with Gasteiger partial charge in [-0.25, -0.2) is 9.88 Å². The van der Waals surface area contributed by atoms with Crippen molar-refractivity contribution in [2.45, 2.75) is 0 Å². The van der Waals surface area contributed by atoms with E-state index in [9.17, 15) is 9.59 Å². The Morgan fingerprint density at radius 3 is 2.46 bits per heavy atom. The number of hydrogen-bond donors (Lipinski definition) is 1. The molecule has 2 aliphatic heterocycles. The van der Waals surface area contributed by atoms with Crippen molar-refractivity contribution < 1.29 is 14.7 Å². The van der Waals surface area contributed by atoms with Gasteiger partial charge in [-0.1, -0.05) is 23.2 Å². The summed E-state index contributed by atoms with van der Waals surface area (Å²) in [7, 11) is 0. The van der Waals surface area contributed by atoms with Gasteiger partial charge in [0.1, 0.15) is 15.9 Å². The summed E-state index contributed by atoms with van der Waals surface area (Å²) in [6.45, 7) is 3.20. The fourth-order valence-corrected chi connectivity index (χ4v) is 3.32. The van der Waals surface area contributed by atoms with Crippen molar-refractivity contribution in [3.05, 3.63) is 34.2 Å². The maximum Gasteiger partial charge on any atom is 0.283 e. The first kappa shape index (κ1) is 17.2. The van der Waals surface area contributed by atoms with Crippen LogP contribution in [0.5, 0.6) is 0 Å². The molecule has 7 nitrogen and oxygen atoms in total. The summed E-state index contributed by atoms with van der Waals surface area (Å²) in [6.07, 6.45) is 1.43. The maximum atomic E-state index is 12.7. The van der Waals surface area contributed by atoms with Crippen LogP contribution in [0, 0.1) is 0 Å². The van der Waals surface area contributed by atoms with Crippen molar-refractivity contribution in [2.24, 2.45) is 0 Å². The third-order valence-corrected chi connectivity index (χ3v) is 4.62.